The predicted octanol–water partition coefficient (Wildman–Crippen LogP) is 4.40. The molecule has 0 radical (unpaired) electrons. The monoisotopic (exact) mass is 360 g/mol. The Morgan fingerprint density at radius 3 is 2.32 bits per heavy atom. The summed E-state index contributed by atoms with van der Waals surface area (Å²) < 4.78 is 26.0. The van der Waals surface area contributed by atoms with Crippen molar-refractivity contribution >= 4 is 34.7 Å². The Morgan fingerprint density at radius 2 is 1.68 bits per heavy atom. The number of halogens is 3. The van der Waals surface area contributed by atoms with Crippen LogP contribution in [0.25, 0.3) is 0 Å². The van der Waals surface area contributed by atoms with E-state index in [0.717, 1.165) is 6.07 Å². The third kappa shape index (κ3) is 4.27. The van der Waals surface area contributed by atoms with Crippen molar-refractivity contribution in [2.24, 2.45) is 0 Å². The maximum atomic E-state index is 13.1. The normalized spacial score (nSPS) is 10.4. The second kappa shape index (κ2) is 7.23. The number of amides is 1. The van der Waals surface area contributed by atoms with Crippen LogP contribution < -0.4 is 10.6 Å². The van der Waals surface area contributed by atoms with Crippen molar-refractivity contribution in [1.29, 1.82) is 0 Å². The Labute approximate surface area is 146 Å². The van der Waals surface area contributed by atoms with E-state index in [-0.39, 0.29) is 16.5 Å². The third-order valence-corrected chi connectivity index (χ3v) is 3.47. The molecule has 0 aliphatic rings. The van der Waals surface area contributed by atoms with Crippen LogP contribution in [0.4, 0.5) is 26.0 Å². The van der Waals surface area contributed by atoms with Gasteiger partial charge in [0.1, 0.15) is 23.1 Å². The van der Waals surface area contributed by atoms with Gasteiger partial charge < -0.3 is 10.6 Å². The summed E-state index contributed by atoms with van der Waals surface area (Å²) in [5.41, 5.74) is 1.05. The average Bonchev–Trinajstić information content (AvgIpc) is 2.61. The number of anilines is 3. The lowest BCUT2D eigenvalue weighted by atomic mass is 10.3. The second-order valence-electron chi connectivity index (χ2n) is 5.00. The van der Waals surface area contributed by atoms with E-state index < -0.39 is 11.7 Å². The standard InChI is InChI=1S/C17H11ClF2N4O/c18-13-7-12(5-6-14(13)20)24-17(25)15-8-22-16(9-21-15)23-11-3-1-10(19)2-4-11/h1-9H,(H,22,23)(H,24,25). The van der Waals surface area contributed by atoms with E-state index in [1.807, 2.05) is 0 Å². The summed E-state index contributed by atoms with van der Waals surface area (Å²) in [6.07, 6.45) is 2.65. The molecule has 0 saturated heterocycles. The molecule has 0 saturated carbocycles. The van der Waals surface area contributed by atoms with E-state index in [2.05, 4.69) is 20.6 Å². The van der Waals surface area contributed by atoms with E-state index in [0.29, 0.717) is 17.2 Å². The fourth-order valence-corrected chi connectivity index (χ4v) is 2.14. The average molecular weight is 361 g/mol. The summed E-state index contributed by atoms with van der Waals surface area (Å²) in [5, 5.41) is 5.38. The smallest absolute Gasteiger partial charge is 0.275 e. The maximum absolute atomic E-state index is 13.1. The van der Waals surface area contributed by atoms with Crippen LogP contribution in [-0.4, -0.2) is 15.9 Å². The minimum Gasteiger partial charge on any atom is -0.339 e. The quantitative estimate of drug-likeness (QED) is 0.723. The number of aromatic nitrogens is 2. The van der Waals surface area contributed by atoms with Crippen molar-refractivity contribution in [1.82, 2.24) is 9.97 Å². The van der Waals surface area contributed by atoms with Gasteiger partial charge in [-0.25, -0.2) is 18.7 Å². The molecule has 0 spiro atoms. The van der Waals surface area contributed by atoms with E-state index in [9.17, 15) is 13.6 Å². The highest BCUT2D eigenvalue weighted by molar-refractivity contribution is 6.31. The van der Waals surface area contributed by atoms with Gasteiger partial charge in [0.25, 0.3) is 5.91 Å². The number of carbonyl (C=O) groups excluding carboxylic acids is 1. The SMILES string of the molecule is O=C(Nc1ccc(F)c(Cl)c1)c1cnc(Nc2ccc(F)cc2)cn1. The van der Waals surface area contributed by atoms with E-state index in [4.69, 9.17) is 11.6 Å². The van der Waals surface area contributed by atoms with Crippen molar-refractivity contribution in [3.05, 3.63) is 77.2 Å². The highest BCUT2D eigenvalue weighted by Crippen LogP contribution is 2.20. The zero-order valence-electron chi connectivity index (χ0n) is 12.6. The molecule has 1 aromatic heterocycles. The summed E-state index contributed by atoms with van der Waals surface area (Å²) in [5.74, 6) is -1.03. The summed E-state index contributed by atoms with van der Waals surface area (Å²) in [7, 11) is 0. The van der Waals surface area contributed by atoms with Crippen LogP contribution in [0.1, 0.15) is 10.5 Å². The maximum Gasteiger partial charge on any atom is 0.275 e. The van der Waals surface area contributed by atoms with Crippen LogP contribution in [0.5, 0.6) is 0 Å². The van der Waals surface area contributed by atoms with Crippen LogP contribution in [0.15, 0.2) is 54.9 Å². The molecule has 3 aromatic rings. The number of carbonyl (C=O) groups is 1. The van der Waals surface area contributed by atoms with Crippen LogP contribution in [0.2, 0.25) is 5.02 Å². The first-order valence-corrected chi connectivity index (χ1v) is 7.50. The molecule has 8 heteroatoms. The molecule has 2 N–H and O–H groups in total. The Morgan fingerprint density at radius 1 is 0.960 bits per heavy atom. The van der Waals surface area contributed by atoms with Gasteiger partial charge in [-0.05, 0) is 42.5 Å². The number of hydrogen-bond acceptors (Lipinski definition) is 4. The van der Waals surface area contributed by atoms with Crippen molar-refractivity contribution < 1.29 is 13.6 Å². The molecule has 0 atom stereocenters. The molecule has 0 aliphatic carbocycles. The van der Waals surface area contributed by atoms with Gasteiger partial charge in [0.05, 0.1) is 17.4 Å². The highest BCUT2D eigenvalue weighted by Gasteiger charge is 2.10. The first-order valence-electron chi connectivity index (χ1n) is 7.12. The number of rotatable bonds is 4. The minimum atomic E-state index is -0.573. The summed E-state index contributed by atoms with van der Waals surface area (Å²) in [6, 6.07) is 9.56. The molecule has 0 bridgehead atoms. The van der Waals surface area contributed by atoms with E-state index >= 15 is 0 Å². The first-order chi connectivity index (χ1) is 12.0. The topological polar surface area (TPSA) is 66.9 Å². The predicted molar refractivity (Wildman–Crippen MR) is 91.1 cm³/mol. The third-order valence-electron chi connectivity index (χ3n) is 3.18. The summed E-state index contributed by atoms with van der Waals surface area (Å²) >= 11 is 5.66. The molecule has 1 amide bonds. The lowest BCUT2D eigenvalue weighted by Crippen LogP contribution is -2.14. The Balaban J connectivity index is 1.67. The fraction of sp³-hybridized carbons (Fsp3) is 0. The van der Waals surface area contributed by atoms with Gasteiger partial charge in [0, 0.05) is 11.4 Å². The van der Waals surface area contributed by atoms with Gasteiger partial charge >= 0.3 is 0 Å². The second-order valence-corrected chi connectivity index (χ2v) is 5.41. The van der Waals surface area contributed by atoms with Crippen LogP contribution in [-0.2, 0) is 0 Å². The van der Waals surface area contributed by atoms with Gasteiger partial charge in [-0.3, -0.25) is 4.79 Å². The number of benzene rings is 2. The molecule has 2 aromatic carbocycles. The van der Waals surface area contributed by atoms with Crippen LogP contribution in [0, 0.1) is 11.6 Å². The van der Waals surface area contributed by atoms with Gasteiger partial charge in [0.2, 0.25) is 0 Å². The number of nitrogens with zero attached hydrogens (tertiary/aromatic N) is 2. The molecule has 1 heterocycles. The summed E-state index contributed by atoms with van der Waals surface area (Å²) in [6.45, 7) is 0. The zero-order valence-corrected chi connectivity index (χ0v) is 13.4. The van der Waals surface area contributed by atoms with Gasteiger partial charge in [-0.15, -0.1) is 0 Å². The van der Waals surface area contributed by atoms with Crippen molar-refractivity contribution in [2.75, 3.05) is 10.6 Å². The van der Waals surface area contributed by atoms with Gasteiger partial charge in [-0.2, -0.15) is 0 Å². The largest absolute Gasteiger partial charge is 0.339 e. The van der Waals surface area contributed by atoms with Gasteiger partial charge in [-0.1, -0.05) is 11.6 Å². The Bertz CT molecular complexity index is 902. The summed E-state index contributed by atoms with van der Waals surface area (Å²) in [4.78, 5) is 20.2. The molecule has 3 rings (SSSR count). The minimum absolute atomic E-state index is 0.0742. The molecule has 0 unspecified atom stereocenters. The van der Waals surface area contributed by atoms with E-state index in [1.165, 1.54) is 36.7 Å². The lowest BCUT2D eigenvalue weighted by Gasteiger charge is -2.07. The highest BCUT2D eigenvalue weighted by atomic mass is 35.5. The molecule has 0 aliphatic heterocycles. The van der Waals surface area contributed by atoms with Crippen molar-refractivity contribution in [2.45, 2.75) is 0 Å². The Hall–Kier alpha value is -3.06. The number of nitrogens with one attached hydrogen (secondary N) is 2. The Kier molecular flexibility index (Phi) is 4.85. The first kappa shape index (κ1) is 16.8. The molecule has 126 valence electrons. The fourth-order valence-electron chi connectivity index (χ4n) is 1.96. The lowest BCUT2D eigenvalue weighted by molar-refractivity contribution is 0.102. The zero-order chi connectivity index (χ0) is 17.8. The van der Waals surface area contributed by atoms with Crippen LogP contribution in [0.3, 0.4) is 0 Å². The number of hydrogen-bond donors (Lipinski definition) is 2. The molecular weight excluding hydrogens is 350 g/mol. The molecule has 0 fully saturated rings. The van der Waals surface area contributed by atoms with Crippen LogP contribution >= 0.6 is 11.6 Å². The molecular formula is C17H11ClF2N4O. The van der Waals surface area contributed by atoms with Gasteiger partial charge in [0.15, 0.2) is 0 Å². The van der Waals surface area contributed by atoms with Crippen molar-refractivity contribution in [3.8, 4) is 0 Å². The molecule has 5 nitrogen and oxygen atoms in total. The van der Waals surface area contributed by atoms with Crippen molar-refractivity contribution in [3.63, 3.8) is 0 Å². The molecule has 25 heavy (non-hydrogen) atoms. The van der Waals surface area contributed by atoms with E-state index in [1.54, 1.807) is 12.1 Å².